The fraction of sp³-hybridized carbons (Fsp3) is 0.857. The van der Waals surface area contributed by atoms with E-state index in [2.05, 4.69) is 30.3 Å². The Kier molecular flexibility index (Phi) is 3.91. The summed E-state index contributed by atoms with van der Waals surface area (Å²) in [6, 6.07) is 2.22. The SMILES string of the molecule is CC1CC(C#N)(C(=O)NCC2CCN(C)CC2)C1. The summed E-state index contributed by atoms with van der Waals surface area (Å²) >= 11 is 0. The summed E-state index contributed by atoms with van der Waals surface area (Å²) in [6.45, 7) is 5.06. The van der Waals surface area contributed by atoms with E-state index >= 15 is 0 Å². The van der Waals surface area contributed by atoms with Crippen LogP contribution in [0.25, 0.3) is 0 Å². The summed E-state index contributed by atoms with van der Waals surface area (Å²) in [5.41, 5.74) is -0.717. The number of carbonyl (C=O) groups excluding carboxylic acids is 1. The van der Waals surface area contributed by atoms with E-state index in [1.54, 1.807) is 0 Å². The summed E-state index contributed by atoms with van der Waals surface area (Å²) in [5.74, 6) is 1.05. The van der Waals surface area contributed by atoms with Crippen molar-refractivity contribution in [3.05, 3.63) is 0 Å². The topological polar surface area (TPSA) is 56.1 Å². The maximum atomic E-state index is 12.1. The smallest absolute Gasteiger partial charge is 0.240 e. The molecule has 0 spiro atoms. The Morgan fingerprint density at radius 2 is 2.06 bits per heavy atom. The first-order valence-electron chi connectivity index (χ1n) is 6.94. The van der Waals surface area contributed by atoms with Gasteiger partial charge in [-0.05, 0) is 57.7 Å². The van der Waals surface area contributed by atoms with Crippen molar-refractivity contribution in [2.45, 2.75) is 32.6 Å². The first-order valence-corrected chi connectivity index (χ1v) is 6.94. The molecule has 1 saturated carbocycles. The predicted octanol–water partition coefficient (Wildman–Crippen LogP) is 1.38. The molecule has 4 heteroatoms. The second kappa shape index (κ2) is 5.27. The van der Waals surface area contributed by atoms with Crippen LogP contribution in [0.5, 0.6) is 0 Å². The molecule has 1 aliphatic carbocycles. The quantitative estimate of drug-likeness (QED) is 0.822. The van der Waals surface area contributed by atoms with E-state index in [-0.39, 0.29) is 5.91 Å². The normalized spacial score (nSPS) is 33.5. The zero-order chi connectivity index (χ0) is 13.2. The van der Waals surface area contributed by atoms with E-state index in [0.29, 0.717) is 11.8 Å². The molecule has 1 aliphatic heterocycles. The first-order chi connectivity index (χ1) is 8.55. The third kappa shape index (κ3) is 2.67. The molecule has 0 radical (unpaired) electrons. The molecule has 0 aromatic carbocycles. The van der Waals surface area contributed by atoms with Gasteiger partial charge in [-0.2, -0.15) is 5.26 Å². The predicted molar refractivity (Wildman–Crippen MR) is 69.7 cm³/mol. The molecule has 0 aromatic rings. The number of amides is 1. The van der Waals surface area contributed by atoms with E-state index < -0.39 is 5.41 Å². The molecule has 0 unspecified atom stereocenters. The molecule has 0 atom stereocenters. The molecule has 2 rings (SSSR count). The largest absolute Gasteiger partial charge is 0.354 e. The molecule has 18 heavy (non-hydrogen) atoms. The summed E-state index contributed by atoms with van der Waals surface area (Å²) in [4.78, 5) is 14.4. The van der Waals surface area contributed by atoms with E-state index in [1.165, 1.54) is 0 Å². The minimum absolute atomic E-state index is 0.0398. The number of likely N-dealkylation sites (tertiary alicyclic amines) is 1. The lowest BCUT2D eigenvalue weighted by molar-refractivity contribution is -0.134. The number of piperidine rings is 1. The van der Waals surface area contributed by atoms with Gasteiger partial charge in [0.2, 0.25) is 5.91 Å². The number of nitrogens with one attached hydrogen (secondary N) is 1. The van der Waals surface area contributed by atoms with Crippen LogP contribution < -0.4 is 5.32 Å². The first kappa shape index (κ1) is 13.4. The second-order valence-electron chi connectivity index (χ2n) is 6.16. The Morgan fingerprint density at radius 3 is 2.56 bits per heavy atom. The highest BCUT2D eigenvalue weighted by Crippen LogP contribution is 2.45. The molecule has 1 heterocycles. The lowest BCUT2D eigenvalue weighted by Crippen LogP contribution is -2.49. The monoisotopic (exact) mass is 249 g/mol. The number of rotatable bonds is 3. The van der Waals surface area contributed by atoms with Crippen LogP contribution in [0.2, 0.25) is 0 Å². The zero-order valence-corrected chi connectivity index (χ0v) is 11.4. The van der Waals surface area contributed by atoms with Gasteiger partial charge < -0.3 is 10.2 Å². The minimum Gasteiger partial charge on any atom is -0.354 e. The van der Waals surface area contributed by atoms with Crippen molar-refractivity contribution in [1.82, 2.24) is 10.2 Å². The highest BCUT2D eigenvalue weighted by Gasteiger charge is 2.48. The Labute approximate surface area is 109 Å². The van der Waals surface area contributed by atoms with Gasteiger partial charge in [0.15, 0.2) is 0 Å². The molecule has 0 aromatic heterocycles. The van der Waals surface area contributed by atoms with Crippen molar-refractivity contribution in [3.63, 3.8) is 0 Å². The fourth-order valence-electron chi connectivity index (χ4n) is 3.13. The van der Waals surface area contributed by atoms with E-state index in [4.69, 9.17) is 0 Å². The molecule has 4 nitrogen and oxygen atoms in total. The van der Waals surface area contributed by atoms with Crippen LogP contribution in [0, 0.1) is 28.6 Å². The second-order valence-corrected chi connectivity index (χ2v) is 6.16. The van der Waals surface area contributed by atoms with Crippen LogP contribution in [0.1, 0.15) is 32.6 Å². The molecule has 2 fully saturated rings. The van der Waals surface area contributed by atoms with Gasteiger partial charge in [-0.3, -0.25) is 4.79 Å². The average molecular weight is 249 g/mol. The van der Waals surface area contributed by atoms with Gasteiger partial charge in [-0.15, -0.1) is 0 Å². The Bertz CT molecular complexity index is 347. The van der Waals surface area contributed by atoms with E-state index in [1.807, 2.05) is 0 Å². The number of hydrogen-bond acceptors (Lipinski definition) is 3. The summed E-state index contributed by atoms with van der Waals surface area (Å²) < 4.78 is 0. The maximum Gasteiger partial charge on any atom is 0.240 e. The standard InChI is InChI=1S/C14H23N3O/c1-11-7-14(8-11,10-15)13(18)16-9-12-3-5-17(2)6-4-12/h11-12H,3-9H2,1-2H3,(H,16,18). The van der Waals surface area contributed by atoms with Gasteiger partial charge in [0.05, 0.1) is 6.07 Å². The van der Waals surface area contributed by atoms with Gasteiger partial charge in [-0.1, -0.05) is 6.92 Å². The van der Waals surface area contributed by atoms with Crippen LogP contribution in [-0.4, -0.2) is 37.5 Å². The van der Waals surface area contributed by atoms with Gasteiger partial charge in [0.25, 0.3) is 0 Å². The van der Waals surface area contributed by atoms with Gasteiger partial charge in [0.1, 0.15) is 5.41 Å². The van der Waals surface area contributed by atoms with Crippen molar-refractivity contribution in [2.24, 2.45) is 17.3 Å². The van der Waals surface area contributed by atoms with Crippen LogP contribution in [-0.2, 0) is 4.79 Å². The number of nitriles is 1. The molecule has 1 amide bonds. The zero-order valence-electron chi connectivity index (χ0n) is 11.4. The number of hydrogen-bond donors (Lipinski definition) is 1. The average Bonchev–Trinajstić information content (AvgIpc) is 2.33. The van der Waals surface area contributed by atoms with Crippen LogP contribution in [0.15, 0.2) is 0 Å². The molecule has 2 aliphatic rings. The minimum atomic E-state index is -0.717. The Hall–Kier alpha value is -1.08. The summed E-state index contributed by atoms with van der Waals surface area (Å²) in [6.07, 6.45) is 3.74. The molecular formula is C14H23N3O. The van der Waals surface area contributed by atoms with E-state index in [9.17, 15) is 10.1 Å². The van der Waals surface area contributed by atoms with Crippen molar-refractivity contribution in [1.29, 1.82) is 5.26 Å². The molecule has 100 valence electrons. The van der Waals surface area contributed by atoms with Crippen LogP contribution in [0.4, 0.5) is 0 Å². The molecule has 1 N–H and O–H groups in total. The lowest BCUT2D eigenvalue weighted by Gasteiger charge is -2.39. The number of nitrogens with zero attached hydrogens (tertiary/aromatic N) is 2. The molecular weight excluding hydrogens is 226 g/mol. The van der Waals surface area contributed by atoms with Crippen LogP contribution >= 0.6 is 0 Å². The molecule has 1 saturated heterocycles. The van der Waals surface area contributed by atoms with Crippen molar-refractivity contribution < 1.29 is 4.79 Å². The summed E-state index contributed by atoms with van der Waals surface area (Å²) in [5, 5.41) is 12.2. The van der Waals surface area contributed by atoms with Crippen LogP contribution in [0.3, 0.4) is 0 Å². The van der Waals surface area contributed by atoms with Crippen molar-refractivity contribution >= 4 is 5.91 Å². The fourth-order valence-corrected chi connectivity index (χ4v) is 3.13. The highest BCUT2D eigenvalue weighted by molar-refractivity contribution is 5.86. The third-order valence-corrected chi connectivity index (χ3v) is 4.43. The number of carbonyl (C=O) groups is 1. The highest BCUT2D eigenvalue weighted by atomic mass is 16.2. The van der Waals surface area contributed by atoms with Gasteiger partial charge in [0, 0.05) is 6.54 Å². The lowest BCUT2D eigenvalue weighted by atomic mass is 9.63. The van der Waals surface area contributed by atoms with Crippen molar-refractivity contribution in [3.8, 4) is 6.07 Å². The van der Waals surface area contributed by atoms with E-state index in [0.717, 1.165) is 45.3 Å². The Morgan fingerprint density at radius 1 is 1.44 bits per heavy atom. The summed E-state index contributed by atoms with van der Waals surface area (Å²) in [7, 11) is 2.13. The Balaban J connectivity index is 1.77. The third-order valence-electron chi connectivity index (χ3n) is 4.43. The van der Waals surface area contributed by atoms with Crippen molar-refractivity contribution in [2.75, 3.05) is 26.7 Å². The maximum absolute atomic E-state index is 12.1. The molecule has 0 bridgehead atoms. The van der Waals surface area contributed by atoms with Gasteiger partial charge in [-0.25, -0.2) is 0 Å². The van der Waals surface area contributed by atoms with Gasteiger partial charge >= 0.3 is 0 Å².